The molecule has 1 amide bonds. The number of halogens is 1. The summed E-state index contributed by atoms with van der Waals surface area (Å²) in [6, 6.07) is 8.62. The van der Waals surface area contributed by atoms with Crippen molar-refractivity contribution in [2.45, 2.75) is 23.6 Å². The molecule has 3 aromatic rings. The molecule has 30 heavy (non-hydrogen) atoms. The van der Waals surface area contributed by atoms with E-state index in [-0.39, 0.29) is 39.6 Å². The molecule has 2 aromatic heterocycles. The van der Waals surface area contributed by atoms with Gasteiger partial charge in [0.05, 0.1) is 11.1 Å². The van der Waals surface area contributed by atoms with Crippen LogP contribution in [0.1, 0.15) is 18.4 Å². The lowest BCUT2D eigenvalue weighted by molar-refractivity contribution is -0.117. The van der Waals surface area contributed by atoms with E-state index >= 15 is 0 Å². The maximum Gasteiger partial charge on any atom is 0.244 e. The van der Waals surface area contributed by atoms with Crippen LogP contribution in [0.15, 0.2) is 41.6 Å². The first-order valence-electron chi connectivity index (χ1n) is 8.93. The number of rotatable bonds is 6. The SMILES string of the molecule is CS(=O)(=O)c1nc(NC(=O)C2CC2)nc2c1c(I)cn2S(=O)(=O)Cc1ccccc1. The average molecular weight is 560 g/mol. The second kappa shape index (κ2) is 7.57. The number of hydrogen-bond acceptors (Lipinski definition) is 7. The van der Waals surface area contributed by atoms with Crippen LogP contribution < -0.4 is 5.32 Å². The van der Waals surface area contributed by atoms with Gasteiger partial charge < -0.3 is 0 Å². The molecule has 158 valence electrons. The Kier molecular flexibility index (Phi) is 5.34. The van der Waals surface area contributed by atoms with E-state index < -0.39 is 19.9 Å². The van der Waals surface area contributed by atoms with Crippen molar-refractivity contribution in [3.05, 3.63) is 45.7 Å². The van der Waals surface area contributed by atoms with Gasteiger partial charge in [-0.15, -0.1) is 0 Å². The van der Waals surface area contributed by atoms with Crippen molar-refractivity contribution in [3.63, 3.8) is 0 Å². The Balaban J connectivity index is 1.89. The molecule has 0 unspecified atom stereocenters. The van der Waals surface area contributed by atoms with Gasteiger partial charge in [0.1, 0.15) is 0 Å². The molecule has 0 aliphatic heterocycles. The van der Waals surface area contributed by atoms with Gasteiger partial charge in [-0.3, -0.25) is 10.1 Å². The minimum absolute atomic E-state index is 0.0862. The Labute approximate surface area is 187 Å². The first-order chi connectivity index (χ1) is 14.1. The van der Waals surface area contributed by atoms with E-state index in [1.807, 2.05) is 22.6 Å². The molecule has 2 heterocycles. The van der Waals surface area contributed by atoms with Crippen LogP contribution in [0.2, 0.25) is 0 Å². The summed E-state index contributed by atoms with van der Waals surface area (Å²) in [4.78, 5) is 20.4. The Morgan fingerprint density at radius 3 is 2.43 bits per heavy atom. The second-order valence-corrected chi connectivity index (χ2v) is 12.0. The maximum atomic E-state index is 13.1. The fraction of sp³-hybridized carbons (Fsp3) is 0.278. The molecule has 1 fully saturated rings. The minimum atomic E-state index is -3.92. The van der Waals surface area contributed by atoms with Crippen LogP contribution in [0.25, 0.3) is 11.0 Å². The topological polar surface area (TPSA) is 128 Å². The molecule has 9 nitrogen and oxygen atoms in total. The van der Waals surface area contributed by atoms with Crippen molar-refractivity contribution < 1.29 is 21.6 Å². The summed E-state index contributed by atoms with van der Waals surface area (Å²) >= 11 is 1.86. The number of hydrogen-bond donors (Lipinski definition) is 1. The zero-order valence-corrected chi connectivity index (χ0v) is 19.5. The molecule has 1 aliphatic carbocycles. The Hall–Kier alpha value is -2.06. The highest BCUT2D eigenvalue weighted by atomic mass is 127. The standard InChI is InChI=1S/C18H17IN4O5S2/c1-29(25,26)17-14-13(19)9-23(30(27,28)10-11-5-3-2-4-6-11)15(14)20-18(22-17)21-16(24)12-7-8-12/h2-6,9,12H,7-8,10H2,1H3,(H,20,21,22,24). The molecule has 0 atom stereocenters. The lowest BCUT2D eigenvalue weighted by Crippen LogP contribution is -2.19. The van der Waals surface area contributed by atoms with Crippen LogP contribution in [-0.2, 0) is 30.4 Å². The molecular weight excluding hydrogens is 543 g/mol. The number of nitrogens with one attached hydrogen (secondary N) is 1. The van der Waals surface area contributed by atoms with Crippen molar-refractivity contribution in [2.75, 3.05) is 11.6 Å². The highest BCUT2D eigenvalue weighted by Crippen LogP contribution is 2.32. The van der Waals surface area contributed by atoms with E-state index in [9.17, 15) is 21.6 Å². The monoisotopic (exact) mass is 560 g/mol. The second-order valence-electron chi connectivity index (χ2n) is 7.10. The van der Waals surface area contributed by atoms with E-state index in [1.165, 1.54) is 6.20 Å². The Bertz CT molecular complexity index is 1360. The van der Waals surface area contributed by atoms with E-state index in [0.29, 0.717) is 9.13 Å². The molecule has 0 saturated heterocycles. The quantitative estimate of drug-likeness (QED) is 0.362. The molecule has 0 bridgehead atoms. The molecule has 1 N–H and O–H groups in total. The van der Waals surface area contributed by atoms with Gasteiger partial charge in [0.25, 0.3) is 0 Å². The molecule has 1 aromatic carbocycles. The number of fused-ring (bicyclic) bond motifs is 1. The van der Waals surface area contributed by atoms with Crippen molar-refractivity contribution in [1.82, 2.24) is 13.9 Å². The zero-order chi connectivity index (χ0) is 21.7. The number of carbonyl (C=O) groups is 1. The van der Waals surface area contributed by atoms with Gasteiger partial charge >= 0.3 is 0 Å². The van der Waals surface area contributed by atoms with Crippen molar-refractivity contribution in [2.24, 2.45) is 5.92 Å². The number of carbonyl (C=O) groups excluding carboxylic acids is 1. The van der Waals surface area contributed by atoms with E-state index in [2.05, 4.69) is 15.3 Å². The molecule has 12 heteroatoms. The largest absolute Gasteiger partial charge is 0.294 e. The maximum absolute atomic E-state index is 13.1. The summed E-state index contributed by atoms with van der Waals surface area (Å²) in [6.45, 7) is 0. The third kappa shape index (κ3) is 4.21. The van der Waals surface area contributed by atoms with Crippen LogP contribution >= 0.6 is 22.6 Å². The van der Waals surface area contributed by atoms with Crippen molar-refractivity contribution in [1.29, 1.82) is 0 Å². The summed E-state index contributed by atoms with van der Waals surface area (Å²) in [7, 11) is -7.74. The first kappa shape index (κ1) is 21.2. The smallest absolute Gasteiger partial charge is 0.244 e. The summed E-state index contributed by atoms with van der Waals surface area (Å²) in [6.07, 6.45) is 3.78. The summed E-state index contributed by atoms with van der Waals surface area (Å²) in [5, 5.41) is 2.30. The van der Waals surface area contributed by atoms with Gasteiger partial charge in [-0.1, -0.05) is 30.3 Å². The van der Waals surface area contributed by atoms with Crippen LogP contribution in [0, 0.1) is 9.49 Å². The van der Waals surface area contributed by atoms with E-state index in [1.54, 1.807) is 30.3 Å². The summed E-state index contributed by atoms with van der Waals surface area (Å²) in [5.74, 6) is -0.991. The minimum Gasteiger partial charge on any atom is -0.294 e. The number of nitrogens with zero attached hydrogens (tertiary/aromatic N) is 3. The molecule has 0 radical (unpaired) electrons. The molecule has 4 rings (SSSR count). The van der Waals surface area contributed by atoms with Crippen LogP contribution in [0.3, 0.4) is 0 Å². The molecule has 0 spiro atoms. The van der Waals surface area contributed by atoms with Gasteiger partial charge in [-0.25, -0.2) is 25.8 Å². The highest BCUT2D eigenvalue weighted by Gasteiger charge is 2.32. The van der Waals surface area contributed by atoms with Crippen molar-refractivity contribution in [3.8, 4) is 0 Å². The Morgan fingerprint density at radius 1 is 1.17 bits per heavy atom. The van der Waals surface area contributed by atoms with Crippen LogP contribution in [-0.4, -0.2) is 42.9 Å². The highest BCUT2D eigenvalue weighted by molar-refractivity contribution is 14.1. The summed E-state index contributed by atoms with van der Waals surface area (Å²) in [5.41, 5.74) is 0.492. The predicted molar refractivity (Wildman–Crippen MR) is 119 cm³/mol. The molecular formula is C18H17IN4O5S2. The fourth-order valence-electron chi connectivity index (χ4n) is 2.97. The first-order valence-corrected chi connectivity index (χ1v) is 13.5. The van der Waals surface area contributed by atoms with E-state index in [0.717, 1.165) is 23.1 Å². The van der Waals surface area contributed by atoms with E-state index in [4.69, 9.17) is 0 Å². The summed E-state index contributed by atoms with van der Waals surface area (Å²) < 4.78 is 52.3. The van der Waals surface area contributed by atoms with Gasteiger partial charge in [-0.2, -0.15) is 4.98 Å². The van der Waals surface area contributed by atoms with Gasteiger partial charge in [0.2, 0.25) is 21.9 Å². The van der Waals surface area contributed by atoms with Gasteiger partial charge in [0, 0.05) is 21.9 Å². The predicted octanol–water partition coefficient (Wildman–Crippen LogP) is 2.17. The fourth-order valence-corrected chi connectivity index (χ4v) is 6.36. The lowest BCUT2D eigenvalue weighted by Gasteiger charge is -2.10. The van der Waals surface area contributed by atoms with Crippen molar-refractivity contribution >= 4 is 65.3 Å². The third-order valence-electron chi connectivity index (χ3n) is 4.56. The number of amides is 1. The zero-order valence-electron chi connectivity index (χ0n) is 15.7. The Morgan fingerprint density at radius 2 is 1.83 bits per heavy atom. The number of benzene rings is 1. The number of anilines is 1. The molecule has 1 saturated carbocycles. The third-order valence-corrected chi connectivity index (χ3v) is 7.95. The number of sulfone groups is 1. The van der Waals surface area contributed by atoms with Gasteiger partial charge in [0.15, 0.2) is 20.5 Å². The lowest BCUT2D eigenvalue weighted by atomic mass is 10.2. The van der Waals surface area contributed by atoms with Crippen LogP contribution in [0.4, 0.5) is 5.95 Å². The van der Waals surface area contributed by atoms with Crippen LogP contribution in [0.5, 0.6) is 0 Å². The number of aromatic nitrogens is 3. The average Bonchev–Trinajstić information content (AvgIpc) is 3.45. The van der Waals surface area contributed by atoms with Gasteiger partial charge in [-0.05, 0) is 41.0 Å². The molecule has 1 aliphatic rings. The normalized spacial score (nSPS) is 14.7.